The van der Waals surface area contributed by atoms with Crippen LogP contribution in [0.25, 0.3) is 0 Å². The number of halogens is 2. The van der Waals surface area contributed by atoms with Crippen LogP contribution in [-0.4, -0.2) is 34.7 Å². The average molecular weight is 373 g/mol. The van der Waals surface area contributed by atoms with E-state index in [4.69, 9.17) is 23.2 Å². The van der Waals surface area contributed by atoms with Crippen LogP contribution in [0.4, 0.5) is 10.5 Å². The highest BCUT2D eigenvalue weighted by Gasteiger charge is 2.33. The van der Waals surface area contributed by atoms with Gasteiger partial charge in [-0.25, -0.2) is 4.79 Å². The van der Waals surface area contributed by atoms with Gasteiger partial charge in [-0.05, 0) is 37.5 Å². The summed E-state index contributed by atoms with van der Waals surface area (Å²) >= 11 is 11.9. The topological polar surface area (TPSA) is 52.6 Å². The SMILES string of the molecule is CCCCCCC1(O)CCN(C(=O)Nc2cc(Cl)cc(Cl)c2)CC1. The molecular formula is C18H26Cl2N2O2. The number of hydrogen-bond donors (Lipinski definition) is 2. The Hall–Kier alpha value is -0.970. The molecule has 0 bridgehead atoms. The minimum absolute atomic E-state index is 0.179. The van der Waals surface area contributed by atoms with Crippen LogP contribution in [0, 0.1) is 0 Å². The fourth-order valence-corrected chi connectivity index (χ4v) is 3.61. The highest BCUT2D eigenvalue weighted by Crippen LogP contribution is 2.29. The number of nitrogens with one attached hydrogen (secondary N) is 1. The Morgan fingerprint density at radius 1 is 1.17 bits per heavy atom. The van der Waals surface area contributed by atoms with Gasteiger partial charge in [0.25, 0.3) is 0 Å². The molecule has 0 radical (unpaired) electrons. The summed E-state index contributed by atoms with van der Waals surface area (Å²) in [7, 11) is 0. The van der Waals surface area contributed by atoms with E-state index in [0.717, 1.165) is 12.8 Å². The minimum atomic E-state index is -0.621. The van der Waals surface area contributed by atoms with Crippen LogP contribution in [0.1, 0.15) is 51.9 Å². The minimum Gasteiger partial charge on any atom is -0.390 e. The standard InChI is InChI=1S/C18H26Cl2N2O2/c1-2-3-4-5-6-18(24)7-9-22(10-8-18)17(23)21-16-12-14(19)11-15(20)13-16/h11-13,24H,2-10H2,1H3,(H,21,23). The number of rotatable bonds is 6. The van der Waals surface area contributed by atoms with Gasteiger partial charge in [-0.2, -0.15) is 0 Å². The number of carbonyl (C=O) groups excluding carboxylic acids is 1. The van der Waals surface area contributed by atoms with E-state index in [-0.39, 0.29) is 6.03 Å². The summed E-state index contributed by atoms with van der Waals surface area (Å²) in [5.41, 5.74) is -0.0398. The number of hydrogen-bond acceptors (Lipinski definition) is 2. The fourth-order valence-electron chi connectivity index (χ4n) is 3.09. The molecule has 2 rings (SSSR count). The zero-order valence-electron chi connectivity index (χ0n) is 14.2. The van der Waals surface area contributed by atoms with Crippen molar-refractivity contribution in [3.05, 3.63) is 28.2 Å². The second-order valence-electron chi connectivity index (χ2n) is 6.61. The molecule has 0 spiro atoms. The molecule has 6 heteroatoms. The molecule has 1 fully saturated rings. The second-order valence-corrected chi connectivity index (χ2v) is 7.48. The lowest BCUT2D eigenvalue weighted by atomic mass is 9.86. The summed E-state index contributed by atoms with van der Waals surface area (Å²) in [4.78, 5) is 14.1. The molecule has 24 heavy (non-hydrogen) atoms. The maximum atomic E-state index is 12.3. The normalized spacial score (nSPS) is 16.9. The van der Waals surface area contributed by atoms with E-state index in [1.54, 1.807) is 23.1 Å². The fraction of sp³-hybridized carbons (Fsp3) is 0.611. The number of aliphatic hydroxyl groups is 1. The van der Waals surface area contributed by atoms with E-state index in [1.165, 1.54) is 19.3 Å². The third kappa shape index (κ3) is 5.83. The molecule has 1 heterocycles. The molecule has 0 aromatic heterocycles. The first kappa shape index (κ1) is 19.4. The quantitative estimate of drug-likeness (QED) is 0.663. The lowest BCUT2D eigenvalue weighted by molar-refractivity contribution is -0.0197. The van der Waals surface area contributed by atoms with Gasteiger partial charge in [0.1, 0.15) is 0 Å². The zero-order valence-corrected chi connectivity index (χ0v) is 15.7. The molecule has 0 unspecified atom stereocenters. The molecule has 2 N–H and O–H groups in total. The first-order chi connectivity index (χ1) is 11.4. The zero-order chi connectivity index (χ0) is 17.6. The van der Waals surface area contributed by atoms with Crippen LogP contribution >= 0.6 is 23.2 Å². The number of urea groups is 1. The van der Waals surface area contributed by atoms with Crippen LogP contribution in [0.5, 0.6) is 0 Å². The third-order valence-electron chi connectivity index (χ3n) is 4.59. The smallest absolute Gasteiger partial charge is 0.321 e. The number of amides is 2. The number of unbranched alkanes of at least 4 members (excludes halogenated alkanes) is 3. The largest absolute Gasteiger partial charge is 0.390 e. The number of piperidine rings is 1. The van der Waals surface area contributed by atoms with Crippen molar-refractivity contribution < 1.29 is 9.90 Å². The molecule has 1 aliphatic rings. The van der Waals surface area contributed by atoms with Crippen LogP contribution in [-0.2, 0) is 0 Å². The summed E-state index contributed by atoms with van der Waals surface area (Å²) < 4.78 is 0. The third-order valence-corrected chi connectivity index (χ3v) is 5.03. The predicted molar refractivity (Wildman–Crippen MR) is 100.0 cm³/mol. The maximum Gasteiger partial charge on any atom is 0.321 e. The van der Waals surface area contributed by atoms with Crippen LogP contribution in [0.15, 0.2) is 18.2 Å². The van der Waals surface area contributed by atoms with Gasteiger partial charge in [-0.15, -0.1) is 0 Å². The Morgan fingerprint density at radius 3 is 2.38 bits per heavy atom. The molecule has 2 amide bonds. The molecular weight excluding hydrogens is 347 g/mol. The van der Waals surface area contributed by atoms with Gasteiger partial charge in [0.2, 0.25) is 0 Å². The van der Waals surface area contributed by atoms with Crippen LogP contribution in [0.2, 0.25) is 10.0 Å². The van der Waals surface area contributed by atoms with E-state index in [0.29, 0.717) is 41.7 Å². The molecule has 134 valence electrons. The molecule has 0 aliphatic carbocycles. The van der Waals surface area contributed by atoms with Gasteiger partial charge in [0, 0.05) is 28.8 Å². The highest BCUT2D eigenvalue weighted by molar-refractivity contribution is 6.35. The lowest BCUT2D eigenvalue weighted by Gasteiger charge is -2.38. The predicted octanol–water partition coefficient (Wildman–Crippen LogP) is 5.32. The molecule has 0 saturated carbocycles. The van der Waals surface area contributed by atoms with E-state index in [9.17, 15) is 9.90 Å². The summed E-state index contributed by atoms with van der Waals surface area (Å²) in [6, 6.07) is 4.78. The Morgan fingerprint density at radius 2 is 1.79 bits per heavy atom. The summed E-state index contributed by atoms with van der Waals surface area (Å²) in [5, 5.41) is 14.4. The molecule has 1 aromatic carbocycles. The maximum absolute atomic E-state index is 12.3. The Kier molecular flexibility index (Phi) is 7.20. The lowest BCUT2D eigenvalue weighted by Crippen LogP contribution is -2.48. The van der Waals surface area contributed by atoms with Gasteiger partial charge in [-0.1, -0.05) is 55.8 Å². The van der Waals surface area contributed by atoms with E-state index in [1.807, 2.05) is 0 Å². The van der Waals surface area contributed by atoms with Crippen molar-refractivity contribution in [2.45, 2.75) is 57.5 Å². The highest BCUT2D eigenvalue weighted by atomic mass is 35.5. The molecule has 1 aliphatic heterocycles. The average Bonchev–Trinajstić information content (AvgIpc) is 2.51. The van der Waals surface area contributed by atoms with Crippen molar-refractivity contribution in [2.75, 3.05) is 18.4 Å². The van der Waals surface area contributed by atoms with Gasteiger partial charge in [0.05, 0.1) is 5.60 Å². The Labute approximate surface area is 154 Å². The number of anilines is 1. The Balaban J connectivity index is 1.81. The van der Waals surface area contributed by atoms with Crippen molar-refractivity contribution in [1.82, 2.24) is 4.90 Å². The molecule has 0 atom stereocenters. The van der Waals surface area contributed by atoms with Crippen molar-refractivity contribution in [3.63, 3.8) is 0 Å². The second kappa shape index (κ2) is 8.93. The van der Waals surface area contributed by atoms with Crippen molar-refractivity contribution in [1.29, 1.82) is 0 Å². The van der Waals surface area contributed by atoms with Gasteiger partial charge >= 0.3 is 6.03 Å². The number of nitrogens with zero attached hydrogens (tertiary/aromatic N) is 1. The summed E-state index contributed by atoms with van der Waals surface area (Å²) in [5.74, 6) is 0. The van der Waals surface area contributed by atoms with E-state index in [2.05, 4.69) is 12.2 Å². The van der Waals surface area contributed by atoms with E-state index >= 15 is 0 Å². The van der Waals surface area contributed by atoms with Crippen molar-refractivity contribution in [3.8, 4) is 0 Å². The van der Waals surface area contributed by atoms with Gasteiger partial charge < -0.3 is 15.3 Å². The summed E-state index contributed by atoms with van der Waals surface area (Å²) in [6.45, 7) is 3.30. The molecule has 1 aromatic rings. The van der Waals surface area contributed by atoms with Gasteiger partial charge in [0.15, 0.2) is 0 Å². The number of likely N-dealkylation sites (tertiary alicyclic amines) is 1. The van der Waals surface area contributed by atoms with Gasteiger partial charge in [-0.3, -0.25) is 0 Å². The molecule has 4 nitrogen and oxygen atoms in total. The monoisotopic (exact) mass is 372 g/mol. The Bertz CT molecular complexity index is 538. The van der Waals surface area contributed by atoms with Crippen molar-refractivity contribution in [2.24, 2.45) is 0 Å². The number of carbonyl (C=O) groups is 1. The number of benzene rings is 1. The summed E-state index contributed by atoms with van der Waals surface area (Å²) in [6.07, 6.45) is 6.71. The van der Waals surface area contributed by atoms with Crippen LogP contribution in [0.3, 0.4) is 0 Å². The first-order valence-corrected chi connectivity index (χ1v) is 9.42. The van der Waals surface area contributed by atoms with Crippen molar-refractivity contribution >= 4 is 34.9 Å². The van der Waals surface area contributed by atoms with E-state index < -0.39 is 5.60 Å². The molecule has 1 saturated heterocycles. The first-order valence-electron chi connectivity index (χ1n) is 8.66. The van der Waals surface area contributed by atoms with Crippen LogP contribution < -0.4 is 5.32 Å².